The predicted octanol–water partition coefficient (Wildman–Crippen LogP) is 1.67. The first-order chi connectivity index (χ1) is 8.10. The summed E-state index contributed by atoms with van der Waals surface area (Å²) in [5.74, 6) is -0.828. The highest BCUT2D eigenvalue weighted by Crippen LogP contribution is 2.20. The average molecular weight is 232 g/mol. The Balaban J connectivity index is 3.26. The van der Waals surface area contributed by atoms with E-state index < -0.39 is 10.9 Å². The molecule has 0 spiro atoms. The van der Waals surface area contributed by atoms with Gasteiger partial charge in [-0.25, -0.2) is 4.79 Å². The number of hydrogen-bond acceptors (Lipinski definition) is 5. The smallest absolute Gasteiger partial charge is 0.348 e. The molecule has 0 aliphatic heterocycles. The minimum Gasteiger partial charge on any atom is -0.465 e. The Morgan fingerprint density at radius 3 is 2.71 bits per heavy atom. The van der Waals surface area contributed by atoms with E-state index in [2.05, 4.69) is 4.74 Å². The summed E-state index contributed by atoms with van der Waals surface area (Å²) in [5.41, 5.74) is -0.287. The first kappa shape index (κ1) is 12.4. The number of hydrogen-bond donors (Lipinski definition) is 0. The molecule has 6 nitrogen and oxygen atoms in total. The second kappa shape index (κ2) is 5.42. The maximum Gasteiger partial charge on any atom is 0.348 e. The van der Waals surface area contributed by atoms with Crippen LogP contribution in [0.5, 0.6) is 0 Å². The molecule has 17 heavy (non-hydrogen) atoms. The minimum atomic E-state index is -0.828. The number of esters is 1. The summed E-state index contributed by atoms with van der Waals surface area (Å²) in [7, 11) is 1.13. The normalized spacial score (nSPS) is 10.5. The van der Waals surface area contributed by atoms with Gasteiger partial charge in [-0.15, -0.1) is 0 Å². The monoisotopic (exact) mass is 232 g/mol. The van der Waals surface area contributed by atoms with Crippen LogP contribution < -0.4 is 0 Å². The van der Waals surface area contributed by atoms with Gasteiger partial charge in [0.2, 0.25) is 0 Å². The van der Waals surface area contributed by atoms with Gasteiger partial charge in [0.1, 0.15) is 11.6 Å². The van der Waals surface area contributed by atoms with Crippen LogP contribution >= 0.6 is 0 Å². The van der Waals surface area contributed by atoms with Crippen molar-refractivity contribution in [2.75, 3.05) is 7.11 Å². The third-order valence-electron chi connectivity index (χ3n) is 1.96. The standard InChI is InChI=1S/C11H8N2O4/c1-17-11(14)9(7-12)6-8-4-2-3-5-10(8)13(15)16/h2-6H,1H3. The fourth-order valence-corrected chi connectivity index (χ4v) is 1.18. The Labute approximate surface area is 96.9 Å². The zero-order valence-electron chi connectivity index (χ0n) is 8.91. The van der Waals surface area contributed by atoms with Crippen molar-refractivity contribution >= 4 is 17.7 Å². The number of ether oxygens (including phenoxy) is 1. The molecular formula is C11H8N2O4. The lowest BCUT2D eigenvalue weighted by molar-refractivity contribution is -0.385. The van der Waals surface area contributed by atoms with Gasteiger partial charge in [-0.2, -0.15) is 5.26 Å². The van der Waals surface area contributed by atoms with Gasteiger partial charge in [0, 0.05) is 6.07 Å². The summed E-state index contributed by atoms with van der Waals surface area (Å²) in [6, 6.07) is 7.44. The molecule has 0 unspecified atom stereocenters. The first-order valence-electron chi connectivity index (χ1n) is 4.53. The molecule has 0 radical (unpaired) electrons. The molecule has 0 bridgehead atoms. The molecule has 0 fully saturated rings. The lowest BCUT2D eigenvalue weighted by Gasteiger charge is -1.98. The molecule has 0 aliphatic rings. The van der Waals surface area contributed by atoms with Gasteiger partial charge in [-0.1, -0.05) is 12.1 Å². The molecule has 0 aromatic heterocycles. The highest BCUT2D eigenvalue weighted by Gasteiger charge is 2.14. The number of nitrogens with zero attached hydrogens (tertiary/aromatic N) is 2. The molecule has 86 valence electrons. The van der Waals surface area contributed by atoms with E-state index in [9.17, 15) is 14.9 Å². The number of nitro groups is 1. The first-order valence-corrected chi connectivity index (χ1v) is 4.53. The van der Waals surface area contributed by atoms with Crippen LogP contribution in [0.25, 0.3) is 6.08 Å². The minimum absolute atomic E-state index is 0.177. The van der Waals surface area contributed by atoms with Gasteiger partial charge in [-0.3, -0.25) is 10.1 Å². The Bertz CT molecular complexity index is 529. The number of nitriles is 1. The largest absolute Gasteiger partial charge is 0.465 e. The van der Waals surface area contributed by atoms with Crippen LogP contribution in [0, 0.1) is 21.4 Å². The van der Waals surface area contributed by atoms with Crippen LogP contribution in [0.2, 0.25) is 0 Å². The van der Waals surface area contributed by atoms with Crippen LogP contribution in [0.3, 0.4) is 0 Å². The third-order valence-corrected chi connectivity index (χ3v) is 1.96. The van der Waals surface area contributed by atoms with Gasteiger partial charge in [-0.05, 0) is 12.1 Å². The lowest BCUT2D eigenvalue weighted by atomic mass is 10.1. The number of rotatable bonds is 3. The van der Waals surface area contributed by atoms with E-state index in [1.165, 1.54) is 18.2 Å². The number of nitro benzene ring substituents is 1. The molecule has 0 saturated carbocycles. The maximum atomic E-state index is 11.1. The van der Waals surface area contributed by atoms with Crippen molar-refractivity contribution in [3.63, 3.8) is 0 Å². The van der Waals surface area contributed by atoms with Gasteiger partial charge in [0.15, 0.2) is 0 Å². The molecule has 0 heterocycles. The van der Waals surface area contributed by atoms with Crippen molar-refractivity contribution in [3.05, 3.63) is 45.5 Å². The maximum absolute atomic E-state index is 11.1. The summed E-state index contributed by atoms with van der Waals surface area (Å²) in [6.07, 6.45) is 1.13. The molecule has 1 rings (SSSR count). The van der Waals surface area contributed by atoms with E-state index in [1.807, 2.05) is 0 Å². The molecule has 0 aliphatic carbocycles. The average Bonchev–Trinajstić information content (AvgIpc) is 2.35. The predicted molar refractivity (Wildman–Crippen MR) is 58.7 cm³/mol. The summed E-state index contributed by atoms with van der Waals surface area (Å²) in [6.45, 7) is 0. The summed E-state index contributed by atoms with van der Waals surface area (Å²) in [5, 5.41) is 19.4. The Hall–Kier alpha value is -2.68. The summed E-state index contributed by atoms with van der Waals surface area (Å²) < 4.78 is 4.38. The molecule has 0 amide bonds. The Kier molecular flexibility index (Phi) is 3.95. The third kappa shape index (κ3) is 2.89. The number of methoxy groups -OCH3 is 1. The van der Waals surface area contributed by atoms with Crippen LogP contribution in [0.15, 0.2) is 29.8 Å². The highest BCUT2D eigenvalue weighted by atomic mass is 16.6. The molecule has 1 aromatic rings. The number of carbonyl (C=O) groups excluding carboxylic acids is 1. The number of carbonyl (C=O) groups is 1. The highest BCUT2D eigenvalue weighted by molar-refractivity contribution is 5.98. The van der Waals surface area contributed by atoms with E-state index in [0.717, 1.165) is 13.2 Å². The van der Waals surface area contributed by atoms with Crippen molar-refractivity contribution in [1.82, 2.24) is 0 Å². The quantitative estimate of drug-likeness (QED) is 0.260. The van der Waals surface area contributed by atoms with Crippen molar-refractivity contribution in [3.8, 4) is 6.07 Å². The van der Waals surface area contributed by atoms with Gasteiger partial charge < -0.3 is 4.74 Å². The molecule has 1 aromatic carbocycles. The van der Waals surface area contributed by atoms with Crippen molar-refractivity contribution in [2.45, 2.75) is 0 Å². The van der Waals surface area contributed by atoms with Crippen LogP contribution in [0.4, 0.5) is 5.69 Å². The summed E-state index contributed by atoms with van der Waals surface area (Å²) >= 11 is 0. The van der Waals surface area contributed by atoms with Crippen molar-refractivity contribution in [1.29, 1.82) is 5.26 Å². The second-order valence-corrected chi connectivity index (χ2v) is 2.98. The zero-order chi connectivity index (χ0) is 12.8. The number of benzene rings is 1. The SMILES string of the molecule is COC(=O)C(C#N)=Cc1ccccc1[N+](=O)[O-]. The van der Waals surface area contributed by atoms with E-state index in [4.69, 9.17) is 5.26 Å². The molecule has 0 saturated heterocycles. The fourth-order valence-electron chi connectivity index (χ4n) is 1.18. The van der Waals surface area contributed by atoms with E-state index in [-0.39, 0.29) is 16.8 Å². The van der Waals surface area contributed by atoms with E-state index in [1.54, 1.807) is 12.1 Å². The molecule has 0 N–H and O–H groups in total. The van der Waals surface area contributed by atoms with E-state index >= 15 is 0 Å². The summed E-state index contributed by atoms with van der Waals surface area (Å²) in [4.78, 5) is 21.3. The second-order valence-electron chi connectivity index (χ2n) is 2.98. The topological polar surface area (TPSA) is 93.2 Å². The molecule has 0 atom stereocenters. The Morgan fingerprint density at radius 1 is 1.53 bits per heavy atom. The zero-order valence-corrected chi connectivity index (χ0v) is 8.91. The van der Waals surface area contributed by atoms with Gasteiger partial charge in [0.25, 0.3) is 5.69 Å². The van der Waals surface area contributed by atoms with Gasteiger partial charge >= 0.3 is 5.97 Å². The van der Waals surface area contributed by atoms with Crippen molar-refractivity contribution in [2.24, 2.45) is 0 Å². The number of para-hydroxylation sites is 1. The Morgan fingerprint density at radius 2 is 2.18 bits per heavy atom. The fraction of sp³-hybridized carbons (Fsp3) is 0.0909. The van der Waals surface area contributed by atoms with Gasteiger partial charge in [0.05, 0.1) is 17.6 Å². The van der Waals surface area contributed by atoms with Crippen LogP contribution in [-0.2, 0) is 9.53 Å². The van der Waals surface area contributed by atoms with E-state index in [0.29, 0.717) is 0 Å². The van der Waals surface area contributed by atoms with Crippen molar-refractivity contribution < 1.29 is 14.5 Å². The van der Waals surface area contributed by atoms with Crippen LogP contribution in [0.1, 0.15) is 5.56 Å². The van der Waals surface area contributed by atoms with Crippen LogP contribution in [-0.4, -0.2) is 18.0 Å². The molecular weight excluding hydrogens is 224 g/mol. The molecule has 6 heteroatoms. The lowest BCUT2D eigenvalue weighted by Crippen LogP contribution is -2.03.